The van der Waals surface area contributed by atoms with Crippen molar-refractivity contribution < 1.29 is 0 Å². The van der Waals surface area contributed by atoms with Crippen molar-refractivity contribution in [2.24, 2.45) is 5.92 Å². The third-order valence-electron chi connectivity index (χ3n) is 1.32. The lowest BCUT2D eigenvalue weighted by atomic mass is 10.0. The van der Waals surface area contributed by atoms with Crippen molar-refractivity contribution >= 4 is 24.7 Å². The quantitative estimate of drug-likeness (QED) is 0.612. The van der Waals surface area contributed by atoms with Gasteiger partial charge in [-0.2, -0.15) is 0 Å². The first-order valence-electron chi connectivity index (χ1n) is 3.12. The van der Waals surface area contributed by atoms with Crippen LogP contribution in [0.4, 0.5) is 0 Å². The normalized spacial score (nSPS) is 17.4. The van der Waals surface area contributed by atoms with Gasteiger partial charge in [0.15, 0.2) is 0 Å². The molecule has 0 amide bonds. The summed E-state index contributed by atoms with van der Waals surface area (Å²) in [5.74, 6) is 0.696. The van der Waals surface area contributed by atoms with Gasteiger partial charge in [0.25, 0.3) is 0 Å². The topological polar surface area (TPSA) is 0 Å². The van der Waals surface area contributed by atoms with Crippen molar-refractivity contribution in [3.63, 3.8) is 0 Å². The Labute approximate surface area is 66.4 Å². The van der Waals surface area contributed by atoms with Gasteiger partial charge in [0.2, 0.25) is 0 Å². The van der Waals surface area contributed by atoms with Gasteiger partial charge in [0.1, 0.15) is 0 Å². The Kier molecular flexibility index (Phi) is 2.64. The first kappa shape index (κ1) is 7.19. The molecule has 0 atom stereocenters. The van der Waals surface area contributed by atoms with Crippen LogP contribution in [-0.2, 0) is 0 Å². The number of allylic oxidation sites excluding steroid dienone is 3. The number of rotatable bonds is 1. The lowest BCUT2D eigenvalue weighted by Gasteiger charge is -2.05. The second kappa shape index (κ2) is 3.30. The lowest BCUT2D eigenvalue weighted by molar-refractivity contribution is 0.794. The zero-order valence-electron chi connectivity index (χ0n) is 5.76. The molecule has 0 aromatic carbocycles. The minimum Gasteiger partial charge on any atom is -0.0937 e. The highest BCUT2D eigenvalue weighted by Gasteiger charge is 1.97. The van der Waals surface area contributed by atoms with E-state index in [9.17, 15) is 0 Å². The Morgan fingerprint density at radius 1 is 1.44 bits per heavy atom. The van der Waals surface area contributed by atoms with Crippen LogP contribution in [0, 0.1) is 5.92 Å². The summed E-state index contributed by atoms with van der Waals surface area (Å²) >= 11 is 0.280. The molecule has 0 saturated heterocycles. The van der Waals surface area contributed by atoms with Crippen molar-refractivity contribution in [2.45, 2.75) is 13.8 Å². The molecular weight excluding hydrogens is 223 g/mol. The second-order valence-corrected chi connectivity index (χ2v) is 4.52. The van der Waals surface area contributed by atoms with Crippen molar-refractivity contribution in [1.82, 2.24) is 0 Å². The van der Waals surface area contributed by atoms with Crippen LogP contribution in [0.3, 0.4) is 0 Å². The maximum absolute atomic E-state index is 2.31. The largest absolute Gasteiger partial charge is 0.0937 e. The maximum Gasteiger partial charge on any atom is -0.0219 e. The van der Waals surface area contributed by atoms with Crippen LogP contribution in [0.2, 0.25) is 0 Å². The van der Waals surface area contributed by atoms with Crippen molar-refractivity contribution in [3.05, 3.63) is 21.8 Å². The van der Waals surface area contributed by atoms with Crippen molar-refractivity contribution in [1.29, 1.82) is 0 Å². The van der Waals surface area contributed by atoms with E-state index in [1.165, 1.54) is 5.57 Å². The van der Waals surface area contributed by atoms with E-state index in [1.807, 2.05) is 0 Å². The molecule has 50 valence electrons. The Morgan fingerprint density at radius 2 is 2.22 bits per heavy atom. The standard InChI is InChI=1S/C8H11I/c1-7(2)8-3-5-9-6-4-8/h3-7H,1-2H3. The van der Waals surface area contributed by atoms with E-state index in [-0.39, 0.29) is 20.7 Å². The SMILES string of the molecule is CC(C)C1=CC=IC=C1. The van der Waals surface area contributed by atoms with Gasteiger partial charge in [-0.1, -0.05) is 46.7 Å². The third-order valence-corrected chi connectivity index (χ3v) is 2.87. The minimum atomic E-state index is 0.280. The van der Waals surface area contributed by atoms with Crippen LogP contribution in [0.25, 0.3) is 0 Å². The predicted molar refractivity (Wildman–Crippen MR) is 52.1 cm³/mol. The molecule has 0 N–H and O–H groups in total. The average molecular weight is 234 g/mol. The van der Waals surface area contributed by atoms with Crippen LogP contribution >= 0.6 is 20.7 Å². The van der Waals surface area contributed by atoms with Gasteiger partial charge in [0, 0.05) is 0 Å². The van der Waals surface area contributed by atoms with Gasteiger partial charge < -0.3 is 0 Å². The summed E-state index contributed by atoms with van der Waals surface area (Å²) in [5.41, 5.74) is 1.47. The average Bonchev–Trinajstić information content (AvgIpc) is 1.90. The molecular formula is C8H11I. The molecule has 9 heavy (non-hydrogen) atoms. The molecule has 0 fully saturated rings. The summed E-state index contributed by atoms with van der Waals surface area (Å²) in [6, 6.07) is 0. The Hall–Kier alpha value is 0.0800. The first-order valence-corrected chi connectivity index (χ1v) is 5.62. The second-order valence-electron chi connectivity index (χ2n) is 2.37. The molecule has 1 aliphatic rings. The number of halogens is 1. The molecule has 0 nitrogen and oxygen atoms in total. The molecule has 1 rings (SSSR count). The highest BCUT2D eigenvalue weighted by Crippen LogP contribution is 2.16. The first-order chi connectivity index (χ1) is 4.30. The van der Waals surface area contributed by atoms with Gasteiger partial charge in [-0.05, 0) is 19.6 Å². The van der Waals surface area contributed by atoms with Gasteiger partial charge in [-0.15, -0.1) is 0 Å². The molecule has 0 saturated carbocycles. The summed E-state index contributed by atoms with van der Waals surface area (Å²) in [6.07, 6.45) is 4.52. The van der Waals surface area contributed by atoms with E-state index < -0.39 is 0 Å². The fourth-order valence-corrected chi connectivity index (χ4v) is 2.19. The molecule has 0 radical (unpaired) electrons. The van der Waals surface area contributed by atoms with Crippen LogP contribution in [0.15, 0.2) is 21.8 Å². The zero-order valence-corrected chi connectivity index (χ0v) is 7.92. The molecule has 0 unspecified atom stereocenters. The maximum atomic E-state index is 2.31. The Bertz CT molecular complexity index is 173. The smallest absolute Gasteiger partial charge is 0.0219 e. The van der Waals surface area contributed by atoms with E-state index >= 15 is 0 Å². The van der Waals surface area contributed by atoms with Crippen molar-refractivity contribution in [3.8, 4) is 0 Å². The molecule has 0 spiro atoms. The molecule has 1 aliphatic heterocycles. The van der Waals surface area contributed by atoms with E-state index in [0.29, 0.717) is 5.92 Å². The van der Waals surface area contributed by atoms with E-state index in [4.69, 9.17) is 0 Å². The Morgan fingerprint density at radius 3 is 2.56 bits per heavy atom. The monoisotopic (exact) mass is 234 g/mol. The summed E-state index contributed by atoms with van der Waals surface area (Å²) in [7, 11) is 0. The summed E-state index contributed by atoms with van der Waals surface area (Å²) in [5, 5.41) is 0. The van der Waals surface area contributed by atoms with Gasteiger partial charge in [-0.3, -0.25) is 0 Å². The molecule has 0 aromatic rings. The lowest BCUT2D eigenvalue weighted by Crippen LogP contribution is -1.90. The highest BCUT2D eigenvalue weighted by molar-refractivity contribution is 14.2. The van der Waals surface area contributed by atoms with E-state index in [1.54, 1.807) is 0 Å². The van der Waals surface area contributed by atoms with Gasteiger partial charge in [-0.25, -0.2) is 0 Å². The molecule has 1 heteroatoms. The molecule has 0 aliphatic carbocycles. The zero-order chi connectivity index (χ0) is 6.69. The van der Waals surface area contributed by atoms with Crippen molar-refractivity contribution in [2.75, 3.05) is 0 Å². The summed E-state index contributed by atoms with van der Waals surface area (Å²) in [4.78, 5) is 0. The summed E-state index contributed by atoms with van der Waals surface area (Å²) < 4.78 is 4.63. The van der Waals surface area contributed by atoms with Crippen LogP contribution in [-0.4, -0.2) is 4.01 Å². The minimum absolute atomic E-state index is 0.280. The number of hydrogen-bond donors (Lipinski definition) is 0. The van der Waals surface area contributed by atoms with Crippen LogP contribution in [0.5, 0.6) is 0 Å². The van der Waals surface area contributed by atoms with E-state index in [0.717, 1.165) is 0 Å². The predicted octanol–water partition coefficient (Wildman–Crippen LogP) is 2.87. The molecule has 1 heterocycles. The van der Waals surface area contributed by atoms with Crippen LogP contribution in [0.1, 0.15) is 13.8 Å². The highest BCUT2D eigenvalue weighted by atomic mass is 127. The fraction of sp³-hybridized carbons (Fsp3) is 0.375. The van der Waals surface area contributed by atoms with Gasteiger partial charge in [0.05, 0.1) is 0 Å². The summed E-state index contributed by atoms with van der Waals surface area (Å²) in [6.45, 7) is 4.46. The van der Waals surface area contributed by atoms with E-state index in [2.05, 4.69) is 34.1 Å². The number of hydrogen-bond acceptors (Lipinski definition) is 0. The Balaban J connectivity index is 2.72. The van der Waals surface area contributed by atoms with Gasteiger partial charge >= 0.3 is 0 Å². The molecule has 0 aromatic heterocycles. The third kappa shape index (κ3) is 2.05. The fourth-order valence-electron chi connectivity index (χ4n) is 0.701. The van der Waals surface area contributed by atoms with Crippen LogP contribution < -0.4 is 0 Å². The molecule has 0 bridgehead atoms.